The fourth-order valence-electron chi connectivity index (χ4n) is 0.986. The molecule has 0 saturated heterocycles. The second kappa shape index (κ2) is 4.64. The minimum atomic E-state index is 0.375. The van der Waals surface area contributed by atoms with Crippen molar-refractivity contribution in [2.75, 3.05) is 7.11 Å². The summed E-state index contributed by atoms with van der Waals surface area (Å²) in [6.45, 7) is 0.375. The maximum Gasteiger partial charge on any atom is 0.137 e. The second-order valence-corrected chi connectivity index (χ2v) is 3.41. The van der Waals surface area contributed by atoms with Crippen molar-refractivity contribution in [2.24, 2.45) is 5.90 Å². The van der Waals surface area contributed by atoms with Gasteiger partial charge in [0.2, 0.25) is 0 Å². The van der Waals surface area contributed by atoms with E-state index in [9.17, 15) is 0 Å². The molecule has 1 rings (SSSR count). The average molecular weight is 279 g/mol. The van der Waals surface area contributed by atoms with Crippen LogP contribution in [0.3, 0.4) is 0 Å². The first-order valence-corrected chi connectivity index (χ1v) is 4.50. The predicted octanol–water partition coefficient (Wildman–Crippen LogP) is 1.69. The minimum absolute atomic E-state index is 0.375. The van der Waals surface area contributed by atoms with Gasteiger partial charge in [0.1, 0.15) is 5.75 Å². The first kappa shape index (κ1) is 9.76. The normalized spacial score (nSPS) is 9.92. The Labute approximate surface area is 84.9 Å². The highest BCUT2D eigenvalue weighted by Crippen LogP contribution is 2.25. The second-order valence-electron chi connectivity index (χ2n) is 2.24. The predicted molar refractivity (Wildman–Crippen MR) is 54.7 cm³/mol. The van der Waals surface area contributed by atoms with Gasteiger partial charge in [-0.15, -0.1) is 0 Å². The Balaban J connectivity index is 3.00. The molecule has 3 nitrogen and oxygen atoms in total. The maximum atomic E-state index is 5.19. The van der Waals surface area contributed by atoms with Crippen molar-refractivity contribution in [3.05, 3.63) is 27.3 Å². The maximum absolute atomic E-state index is 5.19. The number of methoxy groups -OCH3 is 1. The van der Waals surface area contributed by atoms with Crippen LogP contribution in [0.1, 0.15) is 5.56 Å². The van der Waals surface area contributed by atoms with Crippen molar-refractivity contribution in [3.63, 3.8) is 0 Å². The van der Waals surface area contributed by atoms with E-state index < -0.39 is 0 Å². The summed E-state index contributed by atoms with van der Waals surface area (Å²) in [6.07, 6.45) is 0. The summed E-state index contributed by atoms with van der Waals surface area (Å²) in [4.78, 5) is 4.54. The molecule has 1 aromatic carbocycles. The van der Waals surface area contributed by atoms with Crippen LogP contribution in [0.5, 0.6) is 5.75 Å². The Kier molecular flexibility index (Phi) is 3.77. The Morgan fingerprint density at radius 3 is 2.83 bits per heavy atom. The Morgan fingerprint density at radius 1 is 1.50 bits per heavy atom. The van der Waals surface area contributed by atoms with Crippen molar-refractivity contribution in [1.29, 1.82) is 0 Å². The molecule has 0 aliphatic heterocycles. The van der Waals surface area contributed by atoms with Crippen LogP contribution in [0.15, 0.2) is 18.2 Å². The van der Waals surface area contributed by atoms with E-state index >= 15 is 0 Å². The largest absolute Gasteiger partial charge is 0.495 e. The summed E-state index contributed by atoms with van der Waals surface area (Å²) in [6, 6.07) is 5.84. The number of nitrogens with two attached hydrogens (primary N) is 1. The first-order chi connectivity index (χ1) is 5.79. The van der Waals surface area contributed by atoms with Gasteiger partial charge in [-0.25, -0.2) is 5.90 Å². The van der Waals surface area contributed by atoms with Crippen LogP contribution in [0, 0.1) is 3.57 Å². The number of rotatable bonds is 3. The van der Waals surface area contributed by atoms with Gasteiger partial charge in [-0.2, -0.15) is 0 Å². The van der Waals surface area contributed by atoms with Gasteiger partial charge in [-0.3, -0.25) is 4.84 Å². The number of ether oxygens (including phenoxy) is 1. The monoisotopic (exact) mass is 279 g/mol. The van der Waals surface area contributed by atoms with Crippen molar-refractivity contribution >= 4 is 22.6 Å². The molecule has 0 radical (unpaired) electrons. The lowest BCUT2D eigenvalue weighted by Crippen LogP contribution is -2.01. The third kappa shape index (κ3) is 2.09. The van der Waals surface area contributed by atoms with Crippen LogP contribution in [-0.2, 0) is 11.4 Å². The Hall–Kier alpha value is -0.330. The molecule has 0 aliphatic rings. The molecular formula is C8H10INO2. The zero-order chi connectivity index (χ0) is 8.97. The van der Waals surface area contributed by atoms with Crippen molar-refractivity contribution in [2.45, 2.75) is 6.61 Å². The van der Waals surface area contributed by atoms with Gasteiger partial charge in [0, 0.05) is 5.56 Å². The van der Waals surface area contributed by atoms with Gasteiger partial charge >= 0.3 is 0 Å². The molecule has 0 bridgehead atoms. The van der Waals surface area contributed by atoms with Gasteiger partial charge in [0.25, 0.3) is 0 Å². The third-order valence-corrected chi connectivity index (χ3v) is 2.34. The van der Waals surface area contributed by atoms with Gasteiger partial charge < -0.3 is 4.74 Å². The van der Waals surface area contributed by atoms with E-state index in [0.717, 1.165) is 14.9 Å². The van der Waals surface area contributed by atoms with Gasteiger partial charge in [0.05, 0.1) is 17.3 Å². The van der Waals surface area contributed by atoms with Crippen molar-refractivity contribution in [1.82, 2.24) is 0 Å². The molecular weight excluding hydrogens is 269 g/mol. The molecule has 0 amide bonds. The van der Waals surface area contributed by atoms with E-state index in [-0.39, 0.29) is 0 Å². The van der Waals surface area contributed by atoms with E-state index in [1.165, 1.54) is 0 Å². The minimum Gasteiger partial charge on any atom is -0.495 e. The first-order valence-electron chi connectivity index (χ1n) is 3.42. The molecule has 0 aromatic heterocycles. The molecule has 1 aromatic rings. The van der Waals surface area contributed by atoms with Gasteiger partial charge in [0.15, 0.2) is 0 Å². The fraction of sp³-hybridized carbons (Fsp3) is 0.250. The standard InChI is InChI=1S/C8H10INO2/c1-11-8-6(5-12-10)3-2-4-7(8)9/h2-4H,5,10H2,1H3. The summed E-state index contributed by atoms with van der Waals surface area (Å²) in [5.74, 6) is 5.81. The molecule has 0 spiro atoms. The summed E-state index contributed by atoms with van der Waals surface area (Å²) < 4.78 is 6.25. The average Bonchev–Trinajstić information content (AvgIpc) is 2.05. The highest BCUT2D eigenvalue weighted by molar-refractivity contribution is 14.1. The smallest absolute Gasteiger partial charge is 0.137 e. The molecule has 0 saturated carbocycles. The number of halogens is 1. The highest BCUT2D eigenvalue weighted by atomic mass is 127. The third-order valence-electron chi connectivity index (χ3n) is 1.49. The van der Waals surface area contributed by atoms with E-state index in [1.54, 1.807) is 7.11 Å². The van der Waals surface area contributed by atoms with Crippen LogP contribution >= 0.6 is 22.6 Å². The molecule has 0 fully saturated rings. The number of hydrogen-bond donors (Lipinski definition) is 1. The summed E-state index contributed by atoms with van der Waals surface area (Å²) in [5.41, 5.74) is 0.965. The molecule has 0 heterocycles. The van der Waals surface area contributed by atoms with E-state index in [1.807, 2.05) is 18.2 Å². The van der Waals surface area contributed by atoms with Crippen LogP contribution in [0.2, 0.25) is 0 Å². The molecule has 12 heavy (non-hydrogen) atoms. The molecule has 0 aliphatic carbocycles. The van der Waals surface area contributed by atoms with Gasteiger partial charge in [-0.1, -0.05) is 12.1 Å². The summed E-state index contributed by atoms with van der Waals surface area (Å²) in [5, 5.41) is 0. The number of hydrogen-bond acceptors (Lipinski definition) is 3. The highest BCUT2D eigenvalue weighted by Gasteiger charge is 2.05. The van der Waals surface area contributed by atoms with Gasteiger partial charge in [-0.05, 0) is 28.7 Å². The number of benzene rings is 1. The molecule has 0 unspecified atom stereocenters. The van der Waals surface area contributed by atoms with Crippen molar-refractivity contribution < 1.29 is 9.57 Å². The lowest BCUT2D eigenvalue weighted by atomic mass is 10.2. The molecule has 2 N–H and O–H groups in total. The SMILES string of the molecule is COc1c(I)cccc1CON. The zero-order valence-electron chi connectivity index (χ0n) is 6.71. The quantitative estimate of drug-likeness (QED) is 0.676. The van der Waals surface area contributed by atoms with Crippen molar-refractivity contribution in [3.8, 4) is 5.75 Å². The molecule has 4 heteroatoms. The zero-order valence-corrected chi connectivity index (χ0v) is 8.87. The lowest BCUT2D eigenvalue weighted by Gasteiger charge is -2.08. The summed E-state index contributed by atoms with van der Waals surface area (Å²) >= 11 is 2.20. The Morgan fingerprint density at radius 2 is 2.25 bits per heavy atom. The van der Waals surface area contributed by atoms with Crippen LogP contribution < -0.4 is 10.6 Å². The fourth-order valence-corrected chi connectivity index (χ4v) is 1.76. The lowest BCUT2D eigenvalue weighted by molar-refractivity contribution is 0.122. The van der Waals surface area contributed by atoms with E-state index in [4.69, 9.17) is 10.6 Å². The molecule has 66 valence electrons. The van der Waals surface area contributed by atoms with Crippen LogP contribution in [0.4, 0.5) is 0 Å². The number of para-hydroxylation sites is 1. The van der Waals surface area contributed by atoms with E-state index in [0.29, 0.717) is 6.61 Å². The molecule has 0 atom stereocenters. The topological polar surface area (TPSA) is 44.5 Å². The van der Waals surface area contributed by atoms with E-state index in [2.05, 4.69) is 27.4 Å². The van der Waals surface area contributed by atoms with Crippen LogP contribution in [-0.4, -0.2) is 7.11 Å². The Bertz CT molecular complexity index is 265. The van der Waals surface area contributed by atoms with Crippen LogP contribution in [0.25, 0.3) is 0 Å². The summed E-state index contributed by atoms with van der Waals surface area (Å²) in [7, 11) is 1.64.